The summed E-state index contributed by atoms with van der Waals surface area (Å²) in [5, 5.41) is 6.14. The Bertz CT molecular complexity index is 717. The SMILES string of the molecule is CCNC(=O)c1ccc(C)c(NC(=O)c2cnc(SC)nc2)c1. The van der Waals surface area contributed by atoms with Gasteiger partial charge in [0.1, 0.15) is 0 Å². The van der Waals surface area contributed by atoms with Gasteiger partial charge in [0.05, 0.1) is 5.56 Å². The maximum Gasteiger partial charge on any atom is 0.258 e. The molecule has 0 radical (unpaired) electrons. The summed E-state index contributed by atoms with van der Waals surface area (Å²) in [5.41, 5.74) is 2.33. The molecule has 2 rings (SSSR count). The van der Waals surface area contributed by atoms with Gasteiger partial charge in [-0.3, -0.25) is 9.59 Å². The molecule has 0 unspecified atom stereocenters. The lowest BCUT2D eigenvalue weighted by Gasteiger charge is -2.10. The number of aromatic nitrogens is 2. The van der Waals surface area contributed by atoms with Gasteiger partial charge in [-0.15, -0.1) is 0 Å². The number of amides is 2. The van der Waals surface area contributed by atoms with E-state index in [9.17, 15) is 9.59 Å². The minimum Gasteiger partial charge on any atom is -0.352 e. The van der Waals surface area contributed by atoms with Crippen LogP contribution in [0, 0.1) is 6.92 Å². The van der Waals surface area contributed by atoms with Crippen LogP contribution in [-0.4, -0.2) is 34.6 Å². The first-order valence-corrected chi connectivity index (χ1v) is 8.34. The molecule has 0 atom stereocenters. The molecular weight excluding hydrogens is 312 g/mol. The molecule has 6 nitrogen and oxygen atoms in total. The summed E-state index contributed by atoms with van der Waals surface area (Å²) in [6, 6.07) is 5.19. The van der Waals surface area contributed by atoms with Gasteiger partial charge >= 0.3 is 0 Å². The molecular formula is C16H18N4O2S. The van der Waals surface area contributed by atoms with Crippen molar-refractivity contribution in [3.63, 3.8) is 0 Å². The fraction of sp³-hybridized carbons (Fsp3) is 0.250. The number of anilines is 1. The summed E-state index contributed by atoms with van der Waals surface area (Å²) in [5.74, 6) is -0.482. The largest absolute Gasteiger partial charge is 0.352 e. The lowest BCUT2D eigenvalue weighted by Crippen LogP contribution is -2.23. The first-order chi connectivity index (χ1) is 11.0. The van der Waals surface area contributed by atoms with Gasteiger partial charge in [-0.05, 0) is 37.8 Å². The lowest BCUT2D eigenvalue weighted by atomic mass is 10.1. The topological polar surface area (TPSA) is 84.0 Å². The molecule has 0 aliphatic carbocycles. The zero-order valence-corrected chi connectivity index (χ0v) is 14.0. The van der Waals surface area contributed by atoms with Crippen molar-refractivity contribution in [3.8, 4) is 0 Å². The number of nitrogens with one attached hydrogen (secondary N) is 2. The van der Waals surface area contributed by atoms with Gasteiger partial charge in [-0.2, -0.15) is 0 Å². The van der Waals surface area contributed by atoms with Crippen molar-refractivity contribution >= 4 is 29.3 Å². The number of nitrogens with zero attached hydrogens (tertiary/aromatic N) is 2. The molecule has 0 fully saturated rings. The van der Waals surface area contributed by atoms with Crippen LogP contribution in [0.1, 0.15) is 33.2 Å². The predicted octanol–water partition coefficient (Wildman–Crippen LogP) is 2.51. The number of hydrogen-bond acceptors (Lipinski definition) is 5. The normalized spacial score (nSPS) is 10.2. The molecule has 2 amide bonds. The van der Waals surface area contributed by atoms with Crippen LogP contribution in [0.4, 0.5) is 5.69 Å². The molecule has 23 heavy (non-hydrogen) atoms. The Labute approximate surface area is 139 Å². The van der Waals surface area contributed by atoms with Crippen molar-refractivity contribution in [2.24, 2.45) is 0 Å². The highest BCUT2D eigenvalue weighted by Crippen LogP contribution is 2.18. The van der Waals surface area contributed by atoms with E-state index in [1.54, 1.807) is 18.2 Å². The molecule has 0 saturated carbocycles. The zero-order valence-electron chi connectivity index (χ0n) is 13.2. The highest BCUT2D eigenvalue weighted by atomic mass is 32.2. The van der Waals surface area contributed by atoms with E-state index in [0.717, 1.165) is 5.56 Å². The average Bonchev–Trinajstić information content (AvgIpc) is 2.57. The third-order valence-corrected chi connectivity index (χ3v) is 3.73. The average molecular weight is 330 g/mol. The summed E-state index contributed by atoms with van der Waals surface area (Å²) in [6.07, 6.45) is 4.83. The fourth-order valence-corrected chi connectivity index (χ4v) is 2.21. The maximum atomic E-state index is 12.3. The van der Waals surface area contributed by atoms with Crippen LogP contribution in [0.15, 0.2) is 35.7 Å². The minimum absolute atomic E-state index is 0.171. The Balaban J connectivity index is 2.19. The second kappa shape index (κ2) is 7.73. The van der Waals surface area contributed by atoms with Crippen molar-refractivity contribution in [3.05, 3.63) is 47.3 Å². The van der Waals surface area contributed by atoms with Crippen molar-refractivity contribution in [1.82, 2.24) is 15.3 Å². The molecule has 0 aliphatic heterocycles. The van der Waals surface area contributed by atoms with E-state index in [4.69, 9.17) is 0 Å². The smallest absolute Gasteiger partial charge is 0.258 e. The number of hydrogen-bond donors (Lipinski definition) is 2. The Kier molecular flexibility index (Phi) is 5.70. The van der Waals surface area contributed by atoms with E-state index in [2.05, 4.69) is 20.6 Å². The number of thioether (sulfide) groups is 1. The Hall–Kier alpha value is -2.41. The van der Waals surface area contributed by atoms with Gasteiger partial charge in [0.25, 0.3) is 11.8 Å². The summed E-state index contributed by atoms with van der Waals surface area (Å²) < 4.78 is 0. The van der Waals surface area contributed by atoms with Crippen LogP contribution in [0.5, 0.6) is 0 Å². The quantitative estimate of drug-likeness (QED) is 0.650. The van der Waals surface area contributed by atoms with Gasteiger partial charge in [0.2, 0.25) is 0 Å². The standard InChI is InChI=1S/C16H18N4O2S/c1-4-17-14(21)11-6-5-10(2)13(7-11)20-15(22)12-8-18-16(23-3)19-9-12/h5-9H,4H2,1-3H3,(H,17,21)(H,20,22). The summed E-state index contributed by atoms with van der Waals surface area (Å²) in [4.78, 5) is 32.3. The Morgan fingerprint density at radius 3 is 2.43 bits per heavy atom. The molecule has 120 valence electrons. The monoisotopic (exact) mass is 330 g/mol. The number of rotatable bonds is 5. The Morgan fingerprint density at radius 1 is 1.13 bits per heavy atom. The van der Waals surface area contributed by atoms with E-state index >= 15 is 0 Å². The molecule has 2 N–H and O–H groups in total. The first-order valence-electron chi connectivity index (χ1n) is 7.11. The zero-order chi connectivity index (χ0) is 16.8. The lowest BCUT2D eigenvalue weighted by molar-refractivity contribution is 0.0954. The van der Waals surface area contributed by atoms with Gasteiger partial charge in [0.15, 0.2) is 5.16 Å². The van der Waals surface area contributed by atoms with Crippen LogP contribution in [0.25, 0.3) is 0 Å². The molecule has 1 aromatic carbocycles. The second-order valence-corrected chi connectivity index (χ2v) is 5.58. The van der Waals surface area contributed by atoms with E-state index in [-0.39, 0.29) is 11.8 Å². The predicted molar refractivity (Wildman–Crippen MR) is 91.0 cm³/mol. The van der Waals surface area contributed by atoms with Gasteiger partial charge in [-0.25, -0.2) is 9.97 Å². The second-order valence-electron chi connectivity index (χ2n) is 4.80. The summed E-state index contributed by atoms with van der Waals surface area (Å²) in [7, 11) is 0. The summed E-state index contributed by atoms with van der Waals surface area (Å²) in [6.45, 7) is 4.27. The van der Waals surface area contributed by atoms with E-state index in [1.165, 1.54) is 24.2 Å². The van der Waals surface area contributed by atoms with Crippen molar-refractivity contribution < 1.29 is 9.59 Å². The summed E-state index contributed by atoms with van der Waals surface area (Å²) >= 11 is 1.41. The highest BCUT2D eigenvalue weighted by molar-refractivity contribution is 7.98. The van der Waals surface area contributed by atoms with Crippen LogP contribution in [-0.2, 0) is 0 Å². The van der Waals surface area contributed by atoms with Crippen molar-refractivity contribution in [1.29, 1.82) is 0 Å². The number of aryl methyl sites for hydroxylation is 1. The van der Waals surface area contributed by atoms with E-state index in [1.807, 2.05) is 20.1 Å². The maximum absolute atomic E-state index is 12.3. The number of benzene rings is 1. The van der Waals surface area contributed by atoms with Crippen molar-refractivity contribution in [2.45, 2.75) is 19.0 Å². The molecule has 0 saturated heterocycles. The third-order valence-electron chi connectivity index (χ3n) is 3.16. The molecule has 0 bridgehead atoms. The Morgan fingerprint density at radius 2 is 1.83 bits per heavy atom. The molecule has 2 aromatic rings. The highest BCUT2D eigenvalue weighted by Gasteiger charge is 2.12. The van der Waals surface area contributed by atoms with Crippen LogP contribution in [0.3, 0.4) is 0 Å². The van der Waals surface area contributed by atoms with Gasteiger partial charge < -0.3 is 10.6 Å². The molecule has 0 spiro atoms. The molecule has 0 aliphatic rings. The third kappa shape index (κ3) is 4.29. The van der Waals surface area contributed by atoms with Gasteiger partial charge in [-0.1, -0.05) is 17.8 Å². The van der Waals surface area contributed by atoms with Crippen LogP contribution < -0.4 is 10.6 Å². The van der Waals surface area contributed by atoms with Gasteiger partial charge in [0, 0.05) is 30.2 Å². The van der Waals surface area contributed by atoms with Crippen LogP contribution in [0.2, 0.25) is 0 Å². The molecule has 1 aromatic heterocycles. The molecule has 1 heterocycles. The minimum atomic E-state index is -0.311. The first kappa shape index (κ1) is 17.0. The number of carbonyl (C=O) groups is 2. The number of carbonyl (C=O) groups excluding carboxylic acids is 2. The van der Waals surface area contributed by atoms with Crippen LogP contribution >= 0.6 is 11.8 Å². The fourth-order valence-electron chi connectivity index (χ4n) is 1.89. The molecule has 7 heteroatoms. The van der Waals surface area contributed by atoms with E-state index < -0.39 is 0 Å². The van der Waals surface area contributed by atoms with Crippen molar-refractivity contribution in [2.75, 3.05) is 18.1 Å². The van der Waals surface area contributed by atoms with E-state index in [0.29, 0.717) is 28.5 Å².